The Hall–Kier alpha value is -1.34. The maximum Gasteiger partial charge on any atom is 0.309 e. The summed E-state index contributed by atoms with van der Waals surface area (Å²) in [6.45, 7) is 5.19. The van der Waals surface area contributed by atoms with E-state index < -0.39 is 6.04 Å². The van der Waals surface area contributed by atoms with Gasteiger partial charge in [0.2, 0.25) is 11.8 Å². The van der Waals surface area contributed by atoms with Crippen molar-refractivity contribution < 1.29 is 19.1 Å². The highest BCUT2D eigenvalue weighted by Crippen LogP contribution is 2.18. The first kappa shape index (κ1) is 22.7. The Morgan fingerprint density at radius 2 is 1.83 bits per heavy atom. The molecule has 0 spiro atoms. The second kappa shape index (κ2) is 11.3. The number of esters is 1. The van der Waals surface area contributed by atoms with Crippen LogP contribution >= 0.6 is 12.4 Å². The average Bonchev–Trinajstić information content (AvgIpc) is 2.54. The first-order valence-electron chi connectivity index (χ1n) is 8.35. The van der Waals surface area contributed by atoms with E-state index in [4.69, 9.17) is 10.5 Å². The molecule has 2 N–H and O–H groups in total. The molecule has 0 radical (unpaired) electrons. The second-order valence-electron chi connectivity index (χ2n) is 6.00. The van der Waals surface area contributed by atoms with E-state index in [1.54, 1.807) is 18.9 Å². The number of halogens is 1. The number of carbonyl (C=O) groups is 3. The molecule has 2 amide bonds. The van der Waals surface area contributed by atoms with Gasteiger partial charge in [-0.15, -0.1) is 12.4 Å². The molecule has 1 aliphatic rings. The van der Waals surface area contributed by atoms with Crippen LogP contribution in [0.1, 0.15) is 39.5 Å². The van der Waals surface area contributed by atoms with Crippen LogP contribution in [0.25, 0.3) is 0 Å². The highest BCUT2D eigenvalue weighted by Gasteiger charge is 2.29. The lowest BCUT2D eigenvalue weighted by molar-refractivity contribution is -0.151. The standard InChI is InChI=1S/C16H29N3O4.ClH/c1-4-6-13(17)15(21)18(3)11-14(20)19-9-7-12(8-10-19)16(22)23-5-2;/h12-13H,4-11,17H2,1-3H3;1H. The van der Waals surface area contributed by atoms with E-state index >= 15 is 0 Å². The summed E-state index contributed by atoms with van der Waals surface area (Å²) in [6.07, 6.45) is 2.66. The van der Waals surface area contributed by atoms with Crippen molar-refractivity contribution in [3.05, 3.63) is 0 Å². The Balaban J connectivity index is 0.00000529. The summed E-state index contributed by atoms with van der Waals surface area (Å²) in [6, 6.07) is -0.549. The molecule has 1 rings (SSSR count). The summed E-state index contributed by atoms with van der Waals surface area (Å²) in [5.74, 6) is -0.623. The molecule has 0 aromatic rings. The number of nitrogens with zero attached hydrogens (tertiary/aromatic N) is 2. The predicted octanol–water partition coefficient (Wildman–Crippen LogP) is 0.796. The minimum Gasteiger partial charge on any atom is -0.466 e. The minimum atomic E-state index is -0.549. The molecule has 1 heterocycles. The quantitative estimate of drug-likeness (QED) is 0.675. The summed E-state index contributed by atoms with van der Waals surface area (Å²) in [5.41, 5.74) is 5.80. The molecule has 0 saturated carbocycles. The van der Waals surface area contributed by atoms with E-state index in [0.717, 1.165) is 6.42 Å². The van der Waals surface area contributed by atoms with Crippen molar-refractivity contribution in [2.45, 2.75) is 45.6 Å². The fourth-order valence-corrected chi connectivity index (χ4v) is 2.72. The highest BCUT2D eigenvalue weighted by atomic mass is 35.5. The van der Waals surface area contributed by atoms with Crippen LogP contribution in [0, 0.1) is 5.92 Å². The summed E-state index contributed by atoms with van der Waals surface area (Å²) in [5, 5.41) is 0. The third-order valence-corrected chi connectivity index (χ3v) is 4.13. The molecule has 1 unspecified atom stereocenters. The molecule has 0 aromatic carbocycles. The van der Waals surface area contributed by atoms with E-state index in [1.165, 1.54) is 4.90 Å². The van der Waals surface area contributed by atoms with E-state index in [2.05, 4.69) is 0 Å². The first-order valence-corrected chi connectivity index (χ1v) is 8.35. The number of ether oxygens (including phenoxy) is 1. The Kier molecular flexibility index (Phi) is 10.6. The zero-order chi connectivity index (χ0) is 17.4. The average molecular weight is 364 g/mol. The number of amides is 2. The number of hydrogen-bond acceptors (Lipinski definition) is 5. The largest absolute Gasteiger partial charge is 0.466 e. The van der Waals surface area contributed by atoms with Gasteiger partial charge in [-0.1, -0.05) is 13.3 Å². The summed E-state index contributed by atoms with van der Waals surface area (Å²) < 4.78 is 5.01. The van der Waals surface area contributed by atoms with E-state index in [0.29, 0.717) is 39.0 Å². The maximum absolute atomic E-state index is 12.3. The monoisotopic (exact) mass is 363 g/mol. The van der Waals surface area contributed by atoms with Crippen LogP contribution in [-0.2, 0) is 19.1 Å². The third kappa shape index (κ3) is 6.65. The SMILES string of the molecule is CCCC(N)C(=O)N(C)CC(=O)N1CCC(C(=O)OCC)CC1.Cl. The van der Waals surface area contributed by atoms with Crippen molar-refractivity contribution >= 4 is 30.2 Å². The minimum absolute atomic E-state index is 0. The molecule has 1 aliphatic heterocycles. The van der Waals surface area contributed by atoms with Crippen molar-refractivity contribution in [3.8, 4) is 0 Å². The lowest BCUT2D eigenvalue weighted by Gasteiger charge is -2.32. The van der Waals surface area contributed by atoms with Gasteiger partial charge in [-0.2, -0.15) is 0 Å². The Morgan fingerprint density at radius 1 is 1.25 bits per heavy atom. The summed E-state index contributed by atoms with van der Waals surface area (Å²) >= 11 is 0. The molecule has 0 aliphatic carbocycles. The zero-order valence-corrected chi connectivity index (χ0v) is 15.6. The van der Waals surface area contributed by atoms with Gasteiger partial charge in [-0.05, 0) is 26.2 Å². The molecule has 1 saturated heterocycles. The normalized spacial score (nSPS) is 16.1. The van der Waals surface area contributed by atoms with Crippen molar-refractivity contribution in [2.24, 2.45) is 11.7 Å². The van der Waals surface area contributed by atoms with Crippen LogP contribution in [0.3, 0.4) is 0 Å². The van der Waals surface area contributed by atoms with Crippen LogP contribution < -0.4 is 5.73 Å². The number of likely N-dealkylation sites (tertiary alicyclic amines) is 1. The summed E-state index contributed by atoms with van der Waals surface area (Å²) in [4.78, 5) is 39.1. The van der Waals surface area contributed by atoms with Crippen molar-refractivity contribution in [1.82, 2.24) is 9.80 Å². The molecular formula is C16H30ClN3O4. The van der Waals surface area contributed by atoms with Gasteiger partial charge in [-0.25, -0.2) is 0 Å². The number of carbonyl (C=O) groups excluding carboxylic acids is 3. The Labute approximate surface area is 150 Å². The van der Waals surface area contributed by atoms with Gasteiger partial charge in [0.15, 0.2) is 0 Å². The van der Waals surface area contributed by atoms with Gasteiger partial charge in [0.1, 0.15) is 0 Å². The summed E-state index contributed by atoms with van der Waals surface area (Å²) in [7, 11) is 1.60. The number of hydrogen-bond donors (Lipinski definition) is 1. The fourth-order valence-electron chi connectivity index (χ4n) is 2.72. The number of rotatable bonds is 7. The Morgan fingerprint density at radius 3 is 2.33 bits per heavy atom. The lowest BCUT2D eigenvalue weighted by atomic mass is 9.97. The molecule has 1 fully saturated rings. The van der Waals surface area contributed by atoms with E-state index in [9.17, 15) is 14.4 Å². The molecule has 1 atom stereocenters. The molecule has 0 bridgehead atoms. The van der Waals surface area contributed by atoms with Crippen molar-refractivity contribution in [3.63, 3.8) is 0 Å². The number of nitrogens with two attached hydrogens (primary N) is 1. The highest BCUT2D eigenvalue weighted by molar-refractivity contribution is 5.87. The third-order valence-electron chi connectivity index (χ3n) is 4.13. The smallest absolute Gasteiger partial charge is 0.309 e. The Bertz CT molecular complexity index is 426. The molecule has 140 valence electrons. The molecular weight excluding hydrogens is 334 g/mol. The van der Waals surface area contributed by atoms with Crippen LogP contribution in [-0.4, -0.2) is 66.9 Å². The molecule has 7 nitrogen and oxygen atoms in total. The molecule has 24 heavy (non-hydrogen) atoms. The van der Waals surface area contributed by atoms with Crippen LogP contribution in [0.5, 0.6) is 0 Å². The predicted molar refractivity (Wildman–Crippen MR) is 93.7 cm³/mol. The van der Waals surface area contributed by atoms with E-state index in [-0.39, 0.29) is 42.7 Å². The van der Waals surface area contributed by atoms with Gasteiger partial charge >= 0.3 is 5.97 Å². The van der Waals surface area contributed by atoms with E-state index in [1.807, 2.05) is 6.92 Å². The van der Waals surface area contributed by atoms with Crippen LogP contribution in [0.2, 0.25) is 0 Å². The van der Waals surface area contributed by atoms with Crippen molar-refractivity contribution in [1.29, 1.82) is 0 Å². The second-order valence-corrected chi connectivity index (χ2v) is 6.00. The van der Waals surface area contributed by atoms with Crippen LogP contribution in [0.4, 0.5) is 0 Å². The lowest BCUT2D eigenvalue weighted by Crippen LogP contribution is -2.48. The van der Waals surface area contributed by atoms with Gasteiger partial charge in [0.05, 0.1) is 25.1 Å². The molecule has 8 heteroatoms. The van der Waals surface area contributed by atoms with Crippen LogP contribution in [0.15, 0.2) is 0 Å². The van der Waals surface area contributed by atoms with Gasteiger partial charge < -0.3 is 20.3 Å². The zero-order valence-electron chi connectivity index (χ0n) is 14.8. The first-order chi connectivity index (χ1) is 10.9. The maximum atomic E-state index is 12.3. The number of likely N-dealkylation sites (N-methyl/N-ethyl adjacent to an activating group) is 1. The fraction of sp³-hybridized carbons (Fsp3) is 0.812. The topological polar surface area (TPSA) is 92.9 Å². The van der Waals surface area contributed by atoms with Gasteiger partial charge in [0.25, 0.3) is 0 Å². The van der Waals surface area contributed by atoms with Crippen molar-refractivity contribution in [2.75, 3.05) is 33.3 Å². The molecule has 0 aromatic heterocycles. The van der Waals surface area contributed by atoms with Gasteiger partial charge in [0, 0.05) is 20.1 Å². The van der Waals surface area contributed by atoms with Gasteiger partial charge in [-0.3, -0.25) is 14.4 Å². The number of piperidine rings is 1.